The Bertz CT molecular complexity index is 3260. The maximum Gasteiger partial charge on any atom is 0.0546 e. The Balaban J connectivity index is 1.20. The number of benzene rings is 9. The second-order valence-electron chi connectivity index (χ2n) is 17.4. The first-order chi connectivity index (χ1) is 27.6. The molecule has 0 unspecified atom stereocenters. The van der Waals surface area contributed by atoms with Crippen molar-refractivity contribution in [3.63, 3.8) is 0 Å². The van der Waals surface area contributed by atoms with Crippen LogP contribution in [0.2, 0.25) is 0 Å². The van der Waals surface area contributed by atoms with Gasteiger partial charge in [0.25, 0.3) is 0 Å². The molecule has 10 aromatic rings. The number of nitrogens with zero attached hydrogens (tertiary/aromatic N) is 1. The molecule has 0 saturated carbocycles. The van der Waals surface area contributed by atoms with Crippen molar-refractivity contribution >= 4 is 80.9 Å². The van der Waals surface area contributed by atoms with Gasteiger partial charge in [-0.15, -0.1) is 11.3 Å². The summed E-state index contributed by atoms with van der Waals surface area (Å²) < 4.78 is 2.64. The van der Waals surface area contributed by atoms with Gasteiger partial charge in [-0.25, -0.2) is 0 Å². The van der Waals surface area contributed by atoms with Gasteiger partial charge in [0.2, 0.25) is 0 Å². The van der Waals surface area contributed by atoms with E-state index in [1.807, 2.05) is 11.3 Å². The molecule has 0 saturated heterocycles. The zero-order valence-electron chi connectivity index (χ0n) is 33.0. The second kappa shape index (κ2) is 12.4. The quantitative estimate of drug-likeness (QED) is 0.173. The monoisotopic (exact) mass is 749 g/mol. The SMILES string of the molecule is CC(C)(C)c1ccc2c(c1)sc1cc(N(c3ccc4c(c3)-c3cc5ccccc5cc3C4(C)C)c3ccc4ccccc4c3-c3cccc4ccccc34)ccc12. The Morgan fingerprint density at radius 3 is 1.81 bits per heavy atom. The van der Waals surface area contributed by atoms with Crippen LogP contribution in [0, 0.1) is 0 Å². The molecule has 1 aliphatic rings. The fourth-order valence-electron chi connectivity index (χ4n) is 9.54. The number of hydrogen-bond acceptors (Lipinski definition) is 2. The summed E-state index contributed by atoms with van der Waals surface area (Å²) in [7, 11) is 0. The number of rotatable bonds is 4. The van der Waals surface area contributed by atoms with E-state index < -0.39 is 0 Å². The first-order valence-corrected chi connectivity index (χ1v) is 20.9. The zero-order valence-corrected chi connectivity index (χ0v) is 33.8. The fraction of sp³-hybridized carbons (Fsp3) is 0.127. The summed E-state index contributed by atoms with van der Waals surface area (Å²) in [5.74, 6) is 0. The minimum Gasteiger partial charge on any atom is -0.310 e. The van der Waals surface area contributed by atoms with E-state index >= 15 is 0 Å². The van der Waals surface area contributed by atoms with Crippen LogP contribution in [0.4, 0.5) is 17.1 Å². The van der Waals surface area contributed by atoms with Crippen LogP contribution in [-0.4, -0.2) is 0 Å². The van der Waals surface area contributed by atoms with Crippen molar-refractivity contribution in [1.29, 1.82) is 0 Å². The Morgan fingerprint density at radius 2 is 1.04 bits per heavy atom. The largest absolute Gasteiger partial charge is 0.310 e. The van der Waals surface area contributed by atoms with Crippen LogP contribution in [0.5, 0.6) is 0 Å². The molecule has 0 aliphatic heterocycles. The maximum atomic E-state index is 2.53. The van der Waals surface area contributed by atoms with Crippen molar-refractivity contribution in [2.45, 2.75) is 45.4 Å². The predicted molar refractivity (Wildman–Crippen MR) is 248 cm³/mol. The Morgan fingerprint density at radius 1 is 0.439 bits per heavy atom. The molecule has 0 radical (unpaired) electrons. The van der Waals surface area contributed by atoms with Gasteiger partial charge in [-0.05, 0) is 120 Å². The molecule has 11 rings (SSSR count). The van der Waals surface area contributed by atoms with Crippen LogP contribution < -0.4 is 4.90 Å². The second-order valence-corrected chi connectivity index (χ2v) is 18.5. The van der Waals surface area contributed by atoms with E-state index in [0.717, 1.165) is 17.1 Å². The van der Waals surface area contributed by atoms with Gasteiger partial charge in [0.15, 0.2) is 0 Å². The maximum absolute atomic E-state index is 2.53. The molecule has 57 heavy (non-hydrogen) atoms. The minimum absolute atomic E-state index is 0.0907. The Hall–Kier alpha value is -6.22. The van der Waals surface area contributed by atoms with Gasteiger partial charge in [-0.2, -0.15) is 0 Å². The molecule has 2 heteroatoms. The first-order valence-electron chi connectivity index (χ1n) is 20.1. The lowest BCUT2D eigenvalue weighted by atomic mass is 9.82. The van der Waals surface area contributed by atoms with Crippen molar-refractivity contribution in [2.75, 3.05) is 4.90 Å². The average molecular weight is 750 g/mol. The first kappa shape index (κ1) is 34.1. The standard InChI is InChI=1S/C55H43NS/c1-54(2,3)38-22-25-43-44-26-23-40(33-52(44)57-51(43)31-38)56(39-24-27-48-47(32-39)46-29-36-15-6-7-16-37(36)30-49(46)55(48,4)5)50-28-21-35-14-9-11-19-42(35)53(50)45-20-12-17-34-13-8-10-18-41(34)45/h6-33H,1-5H3. The molecule has 9 aromatic carbocycles. The number of thiophene rings is 1. The molecule has 0 bridgehead atoms. The predicted octanol–water partition coefficient (Wildman–Crippen LogP) is 16.3. The smallest absolute Gasteiger partial charge is 0.0546 e. The van der Waals surface area contributed by atoms with E-state index in [2.05, 4.69) is 209 Å². The van der Waals surface area contributed by atoms with E-state index in [1.54, 1.807) is 0 Å². The highest BCUT2D eigenvalue weighted by Crippen LogP contribution is 2.53. The molecular formula is C55H43NS. The van der Waals surface area contributed by atoms with E-state index in [4.69, 9.17) is 0 Å². The molecule has 274 valence electrons. The molecule has 1 aliphatic carbocycles. The summed E-state index contributed by atoms with van der Waals surface area (Å²) in [6.45, 7) is 11.7. The van der Waals surface area contributed by atoms with Crippen molar-refractivity contribution < 1.29 is 0 Å². The topological polar surface area (TPSA) is 3.24 Å². The van der Waals surface area contributed by atoms with Crippen molar-refractivity contribution in [1.82, 2.24) is 0 Å². The summed E-state index contributed by atoms with van der Waals surface area (Å²) in [6, 6.07) is 64.1. The Kier molecular flexibility index (Phi) is 7.40. The highest BCUT2D eigenvalue weighted by Gasteiger charge is 2.36. The molecule has 0 N–H and O–H groups in total. The molecule has 0 amide bonds. The van der Waals surface area contributed by atoms with Crippen LogP contribution in [0.3, 0.4) is 0 Å². The normalized spacial score (nSPS) is 13.5. The van der Waals surface area contributed by atoms with Gasteiger partial charge >= 0.3 is 0 Å². The van der Waals surface area contributed by atoms with E-state index in [9.17, 15) is 0 Å². The van der Waals surface area contributed by atoms with Crippen LogP contribution >= 0.6 is 11.3 Å². The third-order valence-electron chi connectivity index (χ3n) is 12.6. The third kappa shape index (κ3) is 5.27. The van der Waals surface area contributed by atoms with Gasteiger partial charge < -0.3 is 4.90 Å². The Labute approximate surface area is 338 Å². The fourth-order valence-corrected chi connectivity index (χ4v) is 10.7. The van der Waals surface area contributed by atoms with Crippen LogP contribution in [-0.2, 0) is 10.8 Å². The molecule has 0 fully saturated rings. The molecular weight excluding hydrogens is 707 g/mol. The average Bonchev–Trinajstić information content (AvgIpc) is 3.69. The number of anilines is 3. The van der Waals surface area contributed by atoms with Gasteiger partial charge in [0, 0.05) is 42.5 Å². The molecule has 1 nitrogen and oxygen atoms in total. The van der Waals surface area contributed by atoms with Crippen LogP contribution in [0.1, 0.15) is 51.3 Å². The van der Waals surface area contributed by atoms with E-state index in [-0.39, 0.29) is 10.8 Å². The third-order valence-corrected chi connectivity index (χ3v) is 13.7. The summed E-state index contributed by atoms with van der Waals surface area (Å²) in [4.78, 5) is 2.53. The van der Waals surface area contributed by atoms with Gasteiger partial charge in [-0.3, -0.25) is 0 Å². The van der Waals surface area contributed by atoms with Crippen molar-refractivity contribution in [3.05, 3.63) is 187 Å². The minimum atomic E-state index is -0.114. The highest BCUT2D eigenvalue weighted by atomic mass is 32.1. The van der Waals surface area contributed by atoms with Crippen molar-refractivity contribution in [3.8, 4) is 22.3 Å². The van der Waals surface area contributed by atoms with Crippen LogP contribution in [0.25, 0.3) is 74.7 Å². The molecule has 1 heterocycles. The number of hydrogen-bond donors (Lipinski definition) is 0. The van der Waals surface area contributed by atoms with Gasteiger partial charge in [0.1, 0.15) is 0 Å². The van der Waals surface area contributed by atoms with Gasteiger partial charge in [0.05, 0.1) is 5.69 Å². The lowest BCUT2D eigenvalue weighted by Crippen LogP contribution is -2.15. The lowest BCUT2D eigenvalue weighted by Gasteiger charge is -2.30. The molecule has 1 aromatic heterocycles. The number of fused-ring (bicyclic) bond motifs is 9. The van der Waals surface area contributed by atoms with Crippen molar-refractivity contribution in [2.24, 2.45) is 0 Å². The molecule has 0 atom stereocenters. The summed E-state index contributed by atoms with van der Waals surface area (Å²) in [6.07, 6.45) is 0. The summed E-state index contributed by atoms with van der Waals surface area (Å²) in [5.41, 5.74) is 12.7. The lowest BCUT2D eigenvalue weighted by molar-refractivity contribution is 0.591. The summed E-state index contributed by atoms with van der Waals surface area (Å²) in [5, 5.41) is 10.2. The summed E-state index contributed by atoms with van der Waals surface area (Å²) >= 11 is 1.90. The molecule has 0 spiro atoms. The van der Waals surface area contributed by atoms with E-state index in [1.165, 1.54) is 91.4 Å². The highest BCUT2D eigenvalue weighted by molar-refractivity contribution is 7.25. The zero-order chi connectivity index (χ0) is 38.6. The van der Waals surface area contributed by atoms with E-state index in [0.29, 0.717) is 0 Å². The van der Waals surface area contributed by atoms with Crippen LogP contribution in [0.15, 0.2) is 170 Å². The van der Waals surface area contributed by atoms with Gasteiger partial charge in [-0.1, -0.05) is 156 Å².